The van der Waals surface area contributed by atoms with E-state index in [1.165, 1.54) is 16.4 Å². The number of nitrogens with zero attached hydrogens (tertiary/aromatic N) is 1. The molecule has 1 aromatic rings. The van der Waals surface area contributed by atoms with Crippen molar-refractivity contribution in [2.24, 2.45) is 11.8 Å². The van der Waals surface area contributed by atoms with Gasteiger partial charge >= 0.3 is 0 Å². The van der Waals surface area contributed by atoms with Gasteiger partial charge in [-0.3, -0.25) is 0 Å². The summed E-state index contributed by atoms with van der Waals surface area (Å²) in [6.45, 7) is 4.65. The van der Waals surface area contributed by atoms with Gasteiger partial charge in [0.15, 0.2) is 0 Å². The van der Waals surface area contributed by atoms with Gasteiger partial charge in [-0.1, -0.05) is 19.9 Å². The largest absolute Gasteiger partial charge is 0.392 e. The highest BCUT2D eigenvalue weighted by Gasteiger charge is 2.33. The van der Waals surface area contributed by atoms with Gasteiger partial charge in [-0.2, -0.15) is 4.31 Å². The van der Waals surface area contributed by atoms with Crippen LogP contribution in [-0.4, -0.2) is 30.9 Å². The number of sulfonamides is 1. The van der Waals surface area contributed by atoms with Crippen LogP contribution in [0.1, 0.15) is 25.8 Å². The minimum Gasteiger partial charge on any atom is -0.392 e. The maximum absolute atomic E-state index is 13.9. The summed E-state index contributed by atoms with van der Waals surface area (Å²) in [6, 6.07) is 3.74. The summed E-state index contributed by atoms with van der Waals surface area (Å²) in [7, 11) is -3.80. The van der Waals surface area contributed by atoms with Crippen molar-refractivity contribution in [3.8, 4) is 0 Å². The molecule has 1 aromatic carbocycles. The molecule has 2 rings (SSSR count). The first-order valence-electron chi connectivity index (χ1n) is 6.75. The SMILES string of the molecule is CC1CCN(S(=O)(=O)c2ccc(CO)cc2F)CC1C. The highest BCUT2D eigenvalue weighted by atomic mass is 32.2. The number of hydrogen-bond acceptors (Lipinski definition) is 3. The van der Waals surface area contributed by atoms with Crippen LogP contribution in [0.5, 0.6) is 0 Å². The molecule has 1 N–H and O–H groups in total. The number of aliphatic hydroxyl groups excluding tert-OH is 1. The van der Waals surface area contributed by atoms with Crippen LogP contribution >= 0.6 is 0 Å². The maximum Gasteiger partial charge on any atom is 0.245 e. The second-order valence-corrected chi connectivity index (χ2v) is 7.44. The summed E-state index contributed by atoms with van der Waals surface area (Å²) in [5.41, 5.74) is 0.363. The molecule has 1 heterocycles. The van der Waals surface area contributed by atoms with Crippen molar-refractivity contribution in [2.75, 3.05) is 13.1 Å². The quantitative estimate of drug-likeness (QED) is 0.929. The molecule has 0 radical (unpaired) electrons. The summed E-state index contributed by atoms with van der Waals surface area (Å²) >= 11 is 0. The van der Waals surface area contributed by atoms with E-state index in [9.17, 15) is 12.8 Å². The van der Waals surface area contributed by atoms with Crippen molar-refractivity contribution in [1.29, 1.82) is 0 Å². The van der Waals surface area contributed by atoms with Crippen LogP contribution in [0.15, 0.2) is 23.1 Å². The summed E-state index contributed by atoms with van der Waals surface area (Å²) in [5, 5.41) is 8.94. The smallest absolute Gasteiger partial charge is 0.245 e. The van der Waals surface area contributed by atoms with Crippen LogP contribution in [0.2, 0.25) is 0 Å². The molecule has 1 aliphatic heterocycles. The van der Waals surface area contributed by atoms with E-state index in [1.807, 2.05) is 6.92 Å². The third kappa shape index (κ3) is 2.87. The average molecular weight is 301 g/mol. The van der Waals surface area contributed by atoms with Crippen LogP contribution in [0, 0.1) is 17.7 Å². The Morgan fingerprint density at radius 2 is 2.05 bits per heavy atom. The van der Waals surface area contributed by atoms with Gasteiger partial charge in [0.05, 0.1) is 6.61 Å². The summed E-state index contributed by atoms with van der Waals surface area (Å²) in [6.07, 6.45) is 0.788. The third-order valence-corrected chi connectivity index (χ3v) is 5.99. The second-order valence-electron chi connectivity index (χ2n) is 5.53. The number of benzene rings is 1. The van der Waals surface area contributed by atoms with Gasteiger partial charge in [-0.25, -0.2) is 12.8 Å². The van der Waals surface area contributed by atoms with E-state index < -0.39 is 15.8 Å². The Kier molecular flexibility index (Phi) is 4.46. The second kappa shape index (κ2) is 5.79. The molecule has 0 aromatic heterocycles. The number of aliphatic hydroxyl groups is 1. The van der Waals surface area contributed by atoms with Crippen molar-refractivity contribution >= 4 is 10.0 Å². The molecule has 1 saturated heterocycles. The molecular formula is C14H20FNO3S. The van der Waals surface area contributed by atoms with Gasteiger partial charge in [0.1, 0.15) is 10.7 Å². The molecular weight excluding hydrogens is 281 g/mol. The predicted octanol–water partition coefficient (Wildman–Crippen LogP) is 1.98. The lowest BCUT2D eigenvalue weighted by molar-refractivity contribution is 0.212. The van der Waals surface area contributed by atoms with Crippen LogP contribution < -0.4 is 0 Å². The van der Waals surface area contributed by atoms with Gasteiger partial charge in [-0.05, 0) is 36.0 Å². The van der Waals surface area contributed by atoms with Gasteiger partial charge < -0.3 is 5.11 Å². The van der Waals surface area contributed by atoms with E-state index >= 15 is 0 Å². The normalized spacial score (nSPS) is 24.8. The van der Waals surface area contributed by atoms with Crippen molar-refractivity contribution < 1.29 is 17.9 Å². The minimum atomic E-state index is -3.80. The Morgan fingerprint density at radius 3 is 2.60 bits per heavy atom. The fraction of sp³-hybridized carbons (Fsp3) is 0.571. The fourth-order valence-electron chi connectivity index (χ4n) is 2.43. The Morgan fingerprint density at radius 1 is 1.35 bits per heavy atom. The molecule has 112 valence electrons. The predicted molar refractivity (Wildman–Crippen MR) is 74.0 cm³/mol. The van der Waals surface area contributed by atoms with Gasteiger partial charge in [0, 0.05) is 13.1 Å². The first-order chi connectivity index (χ1) is 9.36. The highest BCUT2D eigenvalue weighted by molar-refractivity contribution is 7.89. The van der Waals surface area contributed by atoms with Gasteiger partial charge in [-0.15, -0.1) is 0 Å². The van der Waals surface area contributed by atoms with Crippen molar-refractivity contribution in [2.45, 2.75) is 31.8 Å². The van der Waals surface area contributed by atoms with Crippen molar-refractivity contribution in [1.82, 2.24) is 4.31 Å². The molecule has 2 atom stereocenters. The fourth-order valence-corrected chi connectivity index (χ4v) is 4.03. The van der Waals surface area contributed by atoms with Crippen molar-refractivity contribution in [3.63, 3.8) is 0 Å². The maximum atomic E-state index is 13.9. The summed E-state index contributed by atoms with van der Waals surface area (Å²) < 4.78 is 40.3. The number of hydrogen-bond donors (Lipinski definition) is 1. The Bertz CT molecular complexity index is 588. The van der Waals surface area contributed by atoms with E-state index in [0.717, 1.165) is 12.5 Å². The molecule has 1 aliphatic rings. The molecule has 0 amide bonds. The van der Waals surface area contributed by atoms with Crippen LogP contribution in [0.4, 0.5) is 4.39 Å². The molecule has 20 heavy (non-hydrogen) atoms. The molecule has 0 saturated carbocycles. The Hall–Kier alpha value is -0.980. The zero-order valence-corrected chi connectivity index (χ0v) is 12.5. The lowest BCUT2D eigenvalue weighted by Gasteiger charge is -2.34. The summed E-state index contributed by atoms with van der Waals surface area (Å²) in [5.74, 6) is -0.0656. The molecule has 6 heteroatoms. The topological polar surface area (TPSA) is 57.6 Å². The molecule has 0 bridgehead atoms. The minimum absolute atomic E-state index is 0.262. The lowest BCUT2D eigenvalue weighted by Crippen LogP contribution is -2.42. The highest BCUT2D eigenvalue weighted by Crippen LogP contribution is 2.28. The Labute approximate surface area is 119 Å². The Balaban J connectivity index is 2.31. The van der Waals surface area contributed by atoms with E-state index in [1.54, 1.807) is 0 Å². The number of piperidine rings is 1. The first-order valence-corrected chi connectivity index (χ1v) is 8.19. The third-order valence-electron chi connectivity index (χ3n) is 4.09. The van der Waals surface area contributed by atoms with Gasteiger partial charge in [0.2, 0.25) is 10.0 Å². The lowest BCUT2D eigenvalue weighted by atomic mass is 9.90. The van der Waals surface area contributed by atoms with Crippen LogP contribution in [0.25, 0.3) is 0 Å². The molecule has 1 fully saturated rings. The standard InChI is InChI=1S/C14H20FNO3S/c1-10-5-6-16(8-11(10)2)20(18,19)14-4-3-12(9-17)7-13(14)15/h3-4,7,10-11,17H,5-6,8-9H2,1-2H3. The number of rotatable bonds is 3. The molecule has 0 spiro atoms. The monoisotopic (exact) mass is 301 g/mol. The average Bonchev–Trinajstić information content (AvgIpc) is 2.41. The zero-order chi connectivity index (χ0) is 14.9. The van der Waals surface area contributed by atoms with Crippen LogP contribution in [-0.2, 0) is 16.6 Å². The van der Waals surface area contributed by atoms with E-state index in [-0.39, 0.29) is 17.4 Å². The van der Waals surface area contributed by atoms with E-state index in [4.69, 9.17) is 5.11 Å². The molecule has 4 nitrogen and oxygen atoms in total. The number of halogens is 1. The van der Waals surface area contributed by atoms with E-state index in [2.05, 4.69) is 6.92 Å². The van der Waals surface area contributed by atoms with Gasteiger partial charge in [0.25, 0.3) is 0 Å². The van der Waals surface area contributed by atoms with Crippen LogP contribution in [0.3, 0.4) is 0 Å². The van der Waals surface area contributed by atoms with Crippen molar-refractivity contribution in [3.05, 3.63) is 29.6 Å². The van der Waals surface area contributed by atoms with E-state index in [0.29, 0.717) is 24.6 Å². The first kappa shape index (κ1) is 15.4. The molecule has 0 aliphatic carbocycles. The summed E-state index contributed by atoms with van der Waals surface area (Å²) in [4.78, 5) is -0.309. The zero-order valence-electron chi connectivity index (χ0n) is 11.7. The molecule has 2 unspecified atom stereocenters.